The number of nitrogens with one attached hydrogen (secondary N) is 1. The first kappa shape index (κ1) is 15.3. The Balaban J connectivity index is 1.77. The van der Waals surface area contributed by atoms with Crippen LogP contribution in [0.5, 0.6) is 0 Å². The summed E-state index contributed by atoms with van der Waals surface area (Å²) < 4.78 is 0. The van der Waals surface area contributed by atoms with Crippen molar-refractivity contribution in [2.45, 2.75) is 0 Å². The molecule has 2 nitrogen and oxygen atoms in total. The number of hydrogen-bond acceptors (Lipinski definition) is 1. The number of fused-ring (bicyclic) bond motifs is 6. The van der Waals surface area contributed by atoms with Gasteiger partial charge >= 0.3 is 0 Å². The van der Waals surface area contributed by atoms with Gasteiger partial charge in [0, 0.05) is 27.5 Å². The van der Waals surface area contributed by atoms with Gasteiger partial charge in [-0.25, -0.2) is 0 Å². The highest BCUT2D eigenvalue weighted by Gasteiger charge is 2.23. The molecule has 132 valence electrons. The highest BCUT2D eigenvalue weighted by Crippen LogP contribution is 2.46. The van der Waals surface area contributed by atoms with Crippen LogP contribution in [0.4, 0.5) is 17.1 Å². The second kappa shape index (κ2) is 5.86. The number of hydrogen-bond donors (Lipinski definition) is 1. The normalized spacial score (nSPS) is 12.8. The smallest absolute Gasteiger partial charge is 0.0776 e. The van der Waals surface area contributed by atoms with Crippen molar-refractivity contribution in [1.29, 1.82) is 0 Å². The minimum atomic E-state index is 1.16. The quantitative estimate of drug-likeness (QED) is 0.327. The van der Waals surface area contributed by atoms with Crippen LogP contribution in [-0.4, -0.2) is 4.98 Å². The molecule has 1 N–H and O–H groups in total. The van der Waals surface area contributed by atoms with Crippen molar-refractivity contribution >= 4 is 51.0 Å². The fourth-order valence-corrected chi connectivity index (χ4v) is 4.27. The summed E-state index contributed by atoms with van der Waals surface area (Å²) in [6.07, 6.45) is 4.44. The molecule has 0 fully saturated rings. The SMILES string of the molecule is C1=Cc2ccc3c([nH]c4ccccc43)c2N(c2ccccc2)c2ccccc21. The molecule has 1 aromatic heterocycles. The molecule has 0 atom stereocenters. The number of anilines is 3. The van der Waals surface area contributed by atoms with Gasteiger partial charge in [-0.3, -0.25) is 0 Å². The Morgan fingerprint density at radius 3 is 2.25 bits per heavy atom. The Labute approximate surface area is 163 Å². The molecule has 6 rings (SSSR count). The van der Waals surface area contributed by atoms with Gasteiger partial charge in [0.15, 0.2) is 0 Å². The summed E-state index contributed by atoms with van der Waals surface area (Å²) in [7, 11) is 0. The van der Waals surface area contributed by atoms with Crippen LogP contribution in [0.2, 0.25) is 0 Å². The van der Waals surface area contributed by atoms with Crippen LogP contribution in [0.1, 0.15) is 11.1 Å². The van der Waals surface area contributed by atoms with Crippen molar-refractivity contribution in [3.05, 3.63) is 102 Å². The lowest BCUT2D eigenvalue weighted by Crippen LogP contribution is -2.12. The van der Waals surface area contributed by atoms with E-state index < -0.39 is 0 Å². The van der Waals surface area contributed by atoms with Gasteiger partial charge in [-0.2, -0.15) is 0 Å². The molecular formula is C26H18N2. The highest BCUT2D eigenvalue weighted by atomic mass is 15.2. The third-order valence-corrected chi connectivity index (χ3v) is 5.54. The van der Waals surface area contributed by atoms with Crippen LogP contribution in [0, 0.1) is 0 Å². The third-order valence-electron chi connectivity index (χ3n) is 5.54. The molecular weight excluding hydrogens is 340 g/mol. The predicted molar refractivity (Wildman–Crippen MR) is 119 cm³/mol. The van der Waals surface area contributed by atoms with E-state index in [0.717, 1.165) is 5.69 Å². The molecule has 1 aliphatic rings. The van der Waals surface area contributed by atoms with Crippen LogP contribution in [0.3, 0.4) is 0 Å². The molecule has 0 amide bonds. The second-order valence-electron chi connectivity index (χ2n) is 7.16. The van der Waals surface area contributed by atoms with E-state index in [1.54, 1.807) is 0 Å². The fourth-order valence-electron chi connectivity index (χ4n) is 4.27. The lowest BCUT2D eigenvalue weighted by atomic mass is 10.1. The molecule has 0 aliphatic carbocycles. The molecule has 5 aromatic rings. The van der Waals surface area contributed by atoms with Crippen LogP contribution in [0.25, 0.3) is 34.0 Å². The molecule has 0 spiro atoms. The lowest BCUT2D eigenvalue weighted by molar-refractivity contribution is 1.28. The van der Waals surface area contributed by atoms with E-state index in [-0.39, 0.29) is 0 Å². The number of aromatic nitrogens is 1. The van der Waals surface area contributed by atoms with Crippen LogP contribution >= 0.6 is 0 Å². The van der Waals surface area contributed by atoms with E-state index in [0.29, 0.717) is 0 Å². The van der Waals surface area contributed by atoms with E-state index in [4.69, 9.17) is 0 Å². The zero-order valence-electron chi connectivity index (χ0n) is 15.3. The largest absolute Gasteiger partial charge is 0.353 e. The molecule has 0 saturated carbocycles. The van der Waals surface area contributed by atoms with Gasteiger partial charge in [0.1, 0.15) is 0 Å². The molecule has 1 aliphatic heterocycles. The summed E-state index contributed by atoms with van der Waals surface area (Å²) in [4.78, 5) is 6.07. The van der Waals surface area contributed by atoms with Crippen molar-refractivity contribution in [3.63, 3.8) is 0 Å². The molecule has 0 bridgehead atoms. The predicted octanol–water partition coefficient (Wildman–Crippen LogP) is 7.27. The zero-order valence-corrected chi connectivity index (χ0v) is 15.3. The Morgan fingerprint density at radius 2 is 1.32 bits per heavy atom. The van der Waals surface area contributed by atoms with Gasteiger partial charge in [0.25, 0.3) is 0 Å². The van der Waals surface area contributed by atoms with Crippen LogP contribution in [0.15, 0.2) is 91.0 Å². The zero-order chi connectivity index (χ0) is 18.5. The summed E-state index contributed by atoms with van der Waals surface area (Å²) in [5, 5.41) is 2.51. The first-order valence-electron chi connectivity index (χ1n) is 9.56. The maximum atomic E-state index is 3.69. The minimum Gasteiger partial charge on any atom is -0.353 e. The van der Waals surface area contributed by atoms with E-state index in [1.807, 2.05) is 0 Å². The Kier molecular flexibility index (Phi) is 3.20. The molecule has 0 saturated heterocycles. The van der Waals surface area contributed by atoms with Gasteiger partial charge in [-0.05, 0) is 29.8 Å². The molecule has 28 heavy (non-hydrogen) atoms. The van der Waals surface area contributed by atoms with E-state index in [9.17, 15) is 0 Å². The Hall–Kier alpha value is -3.78. The summed E-state index contributed by atoms with van der Waals surface area (Å²) >= 11 is 0. The minimum absolute atomic E-state index is 1.16. The fraction of sp³-hybridized carbons (Fsp3) is 0. The molecule has 2 heterocycles. The maximum Gasteiger partial charge on any atom is 0.0776 e. The summed E-state index contributed by atoms with van der Waals surface area (Å²) in [6.45, 7) is 0. The standard InChI is InChI=1S/C26H18N2/c1-2-9-20(10-3-1)28-24-13-7-4-8-18(24)14-15-19-16-17-22-21-11-5-6-12-23(21)27-25(22)26(19)28/h1-17,27H. The highest BCUT2D eigenvalue weighted by molar-refractivity contribution is 6.15. The van der Waals surface area contributed by atoms with Crippen molar-refractivity contribution in [1.82, 2.24) is 4.98 Å². The number of H-pyrrole nitrogens is 1. The Bertz CT molecular complexity index is 1360. The third kappa shape index (κ3) is 2.15. The molecule has 2 heteroatoms. The van der Waals surface area contributed by atoms with Crippen LogP contribution < -0.4 is 4.90 Å². The van der Waals surface area contributed by atoms with Gasteiger partial charge in [0.05, 0.1) is 16.9 Å². The molecule has 0 radical (unpaired) electrons. The number of nitrogens with zero attached hydrogens (tertiary/aromatic N) is 1. The van der Waals surface area contributed by atoms with Crippen molar-refractivity contribution in [3.8, 4) is 0 Å². The van der Waals surface area contributed by atoms with Crippen molar-refractivity contribution in [2.75, 3.05) is 4.90 Å². The van der Waals surface area contributed by atoms with E-state index in [1.165, 1.54) is 44.3 Å². The summed E-state index contributed by atoms with van der Waals surface area (Å²) in [5.41, 5.74) is 8.30. The van der Waals surface area contributed by atoms with Gasteiger partial charge < -0.3 is 9.88 Å². The number of benzene rings is 4. The maximum absolute atomic E-state index is 3.69. The molecule has 4 aromatic carbocycles. The first-order valence-corrected chi connectivity index (χ1v) is 9.56. The van der Waals surface area contributed by atoms with E-state index in [2.05, 4.69) is 113 Å². The summed E-state index contributed by atoms with van der Waals surface area (Å²) in [6, 6.07) is 32.2. The monoisotopic (exact) mass is 358 g/mol. The summed E-state index contributed by atoms with van der Waals surface area (Å²) in [5.74, 6) is 0. The first-order chi connectivity index (χ1) is 13.9. The average molecular weight is 358 g/mol. The van der Waals surface area contributed by atoms with Crippen LogP contribution in [-0.2, 0) is 0 Å². The second-order valence-corrected chi connectivity index (χ2v) is 7.16. The Morgan fingerprint density at radius 1 is 0.571 bits per heavy atom. The number of aromatic amines is 1. The lowest BCUT2D eigenvalue weighted by Gasteiger charge is -2.27. The van der Waals surface area contributed by atoms with Crippen molar-refractivity contribution < 1.29 is 0 Å². The van der Waals surface area contributed by atoms with Crippen molar-refractivity contribution in [2.24, 2.45) is 0 Å². The number of rotatable bonds is 1. The van der Waals surface area contributed by atoms with E-state index >= 15 is 0 Å². The topological polar surface area (TPSA) is 19.0 Å². The average Bonchev–Trinajstić information content (AvgIpc) is 3.04. The van der Waals surface area contributed by atoms with Gasteiger partial charge in [0.2, 0.25) is 0 Å². The van der Waals surface area contributed by atoms with Gasteiger partial charge in [-0.1, -0.05) is 78.9 Å². The van der Waals surface area contributed by atoms with Gasteiger partial charge in [-0.15, -0.1) is 0 Å². The molecule has 0 unspecified atom stereocenters. The number of para-hydroxylation sites is 3.